The molecule has 0 spiro atoms. The highest BCUT2D eigenvalue weighted by Gasteiger charge is 2.27. The number of anilines is 1. The molecule has 0 aliphatic rings. The van der Waals surface area contributed by atoms with Crippen LogP contribution < -0.4 is 14.2 Å². The molecule has 0 aliphatic carbocycles. The van der Waals surface area contributed by atoms with Gasteiger partial charge in [0.2, 0.25) is 0 Å². The van der Waals surface area contributed by atoms with Crippen molar-refractivity contribution in [2.24, 2.45) is 0 Å². The fourth-order valence-corrected chi connectivity index (χ4v) is 4.66. The molecule has 24 heavy (non-hydrogen) atoms. The van der Waals surface area contributed by atoms with Crippen molar-refractivity contribution in [3.63, 3.8) is 0 Å². The van der Waals surface area contributed by atoms with Crippen LogP contribution in [0.1, 0.15) is 9.67 Å². The quantitative estimate of drug-likeness (QED) is 0.761. The lowest BCUT2D eigenvalue weighted by Gasteiger charge is -2.13. The first kappa shape index (κ1) is 18.4. The number of methoxy groups -OCH3 is 3. The van der Waals surface area contributed by atoms with Gasteiger partial charge in [0.25, 0.3) is 10.0 Å². The Labute approximate surface area is 148 Å². The third-order valence-corrected chi connectivity index (χ3v) is 5.74. The minimum absolute atomic E-state index is 0.109. The van der Waals surface area contributed by atoms with Crippen molar-refractivity contribution < 1.29 is 27.4 Å². The zero-order chi connectivity index (χ0) is 17.9. The van der Waals surface area contributed by atoms with Gasteiger partial charge in [0.1, 0.15) is 21.3 Å². The first-order valence-corrected chi connectivity index (χ1v) is 9.12. The molecule has 0 saturated heterocycles. The van der Waals surface area contributed by atoms with Crippen LogP contribution in [0.15, 0.2) is 29.2 Å². The van der Waals surface area contributed by atoms with E-state index in [-0.39, 0.29) is 25.5 Å². The molecule has 0 radical (unpaired) electrons. The maximum absolute atomic E-state index is 12.6. The molecule has 0 amide bonds. The molecule has 0 atom stereocenters. The number of sulfonamides is 1. The van der Waals surface area contributed by atoms with E-state index in [0.717, 1.165) is 18.4 Å². The van der Waals surface area contributed by atoms with Crippen molar-refractivity contribution in [2.75, 3.05) is 26.1 Å². The zero-order valence-electron chi connectivity index (χ0n) is 13.0. The fraction of sp³-hybridized carbons (Fsp3) is 0.214. The number of thiophene rings is 1. The maximum Gasteiger partial charge on any atom is 0.349 e. The SMILES string of the molecule is COC(=O)c1sc(Cl)cc1S(=O)(=O)Nc1ccc(OC)cc1OC. The Morgan fingerprint density at radius 3 is 2.46 bits per heavy atom. The summed E-state index contributed by atoms with van der Waals surface area (Å²) < 4.78 is 42.6. The number of halogens is 1. The molecule has 1 aromatic carbocycles. The fourth-order valence-electron chi connectivity index (χ4n) is 1.86. The second-order valence-corrected chi connectivity index (χ2v) is 7.74. The zero-order valence-corrected chi connectivity index (χ0v) is 15.3. The summed E-state index contributed by atoms with van der Waals surface area (Å²) in [6.07, 6.45) is 0. The van der Waals surface area contributed by atoms with Gasteiger partial charge in [-0.15, -0.1) is 11.3 Å². The molecule has 130 valence electrons. The van der Waals surface area contributed by atoms with Crippen LogP contribution in [0.5, 0.6) is 11.5 Å². The molecule has 7 nitrogen and oxygen atoms in total. The van der Waals surface area contributed by atoms with Gasteiger partial charge in [-0.25, -0.2) is 13.2 Å². The van der Waals surface area contributed by atoms with Crippen molar-refractivity contribution in [3.8, 4) is 11.5 Å². The largest absolute Gasteiger partial charge is 0.497 e. The number of ether oxygens (including phenoxy) is 3. The first-order valence-electron chi connectivity index (χ1n) is 6.45. The Morgan fingerprint density at radius 2 is 1.88 bits per heavy atom. The number of benzene rings is 1. The highest BCUT2D eigenvalue weighted by atomic mass is 35.5. The van der Waals surface area contributed by atoms with Gasteiger partial charge in [-0.2, -0.15) is 0 Å². The lowest BCUT2D eigenvalue weighted by atomic mass is 10.3. The number of rotatable bonds is 6. The van der Waals surface area contributed by atoms with E-state index in [1.165, 1.54) is 32.4 Å². The molecule has 2 aromatic rings. The maximum atomic E-state index is 12.6. The number of carbonyl (C=O) groups is 1. The highest BCUT2D eigenvalue weighted by Crippen LogP contribution is 2.34. The van der Waals surface area contributed by atoms with E-state index in [9.17, 15) is 13.2 Å². The highest BCUT2D eigenvalue weighted by molar-refractivity contribution is 7.93. The van der Waals surface area contributed by atoms with E-state index >= 15 is 0 Å². The standard InChI is InChI=1S/C14H14ClNO6S2/c1-20-8-4-5-9(10(6-8)21-2)16-24(18,19)11-7-12(15)23-13(11)14(17)22-3/h4-7,16H,1-3H3. The van der Waals surface area contributed by atoms with Gasteiger partial charge in [0.15, 0.2) is 0 Å². The Balaban J connectivity index is 2.45. The molecule has 1 heterocycles. The van der Waals surface area contributed by atoms with Crippen molar-refractivity contribution in [3.05, 3.63) is 33.5 Å². The molecule has 0 aliphatic heterocycles. The van der Waals surface area contributed by atoms with Crippen LogP contribution in [-0.2, 0) is 14.8 Å². The predicted molar refractivity (Wildman–Crippen MR) is 91.0 cm³/mol. The minimum Gasteiger partial charge on any atom is -0.497 e. The molecular formula is C14H14ClNO6S2. The molecule has 0 unspecified atom stereocenters. The Kier molecular flexibility index (Phi) is 5.58. The average Bonchev–Trinajstić information content (AvgIpc) is 2.97. The second kappa shape index (κ2) is 7.29. The van der Waals surface area contributed by atoms with Crippen LogP contribution in [0.2, 0.25) is 4.34 Å². The minimum atomic E-state index is -4.08. The van der Waals surface area contributed by atoms with E-state index in [1.807, 2.05) is 0 Å². The molecule has 0 fully saturated rings. The van der Waals surface area contributed by atoms with E-state index in [4.69, 9.17) is 21.1 Å². The lowest BCUT2D eigenvalue weighted by molar-refractivity contribution is 0.0602. The predicted octanol–water partition coefficient (Wildman–Crippen LogP) is 3.01. The van der Waals surface area contributed by atoms with Crippen molar-refractivity contribution in [2.45, 2.75) is 4.90 Å². The molecule has 1 N–H and O–H groups in total. The summed E-state index contributed by atoms with van der Waals surface area (Å²) in [5, 5.41) is 0. The smallest absolute Gasteiger partial charge is 0.349 e. The number of hydrogen-bond acceptors (Lipinski definition) is 7. The number of nitrogens with one attached hydrogen (secondary N) is 1. The van der Waals surface area contributed by atoms with Gasteiger partial charge in [-0.05, 0) is 18.2 Å². The molecule has 10 heteroatoms. The van der Waals surface area contributed by atoms with E-state index < -0.39 is 16.0 Å². The summed E-state index contributed by atoms with van der Waals surface area (Å²) in [5.74, 6) is -0.0172. The summed E-state index contributed by atoms with van der Waals surface area (Å²) in [4.78, 5) is 11.4. The summed E-state index contributed by atoms with van der Waals surface area (Å²) in [5.41, 5.74) is 0.191. The van der Waals surface area contributed by atoms with Crippen LogP contribution in [-0.4, -0.2) is 35.7 Å². The van der Waals surface area contributed by atoms with Crippen LogP contribution in [0.25, 0.3) is 0 Å². The molecular weight excluding hydrogens is 378 g/mol. The average molecular weight is 392 g/mol. The van der Waals surface area contributed by atoms with Gasteiger partial charge in [0, 0.05) is 6.07 Å². The van der Waals surface area contributed by atoms with Crippen molar-refractivity contribution >= 4 is 44.6 Å². The van der Waals surface area contributed by atoms with Gasteiger partial charge in [0.05, 0.1) is 31.4 Å². The lowest BCUT2D eigenvalue weighted by Crippen LogP contribution is -2.16. The number of esters is 1. The van der Waals surface area contributed by atoms with E-state index in [2.05, 4.69) is 9.46 Å². The first-order chi connectivity index (χ1) is 11.3. The van der Waals surface area contributed by atoms with E-state index in [0.29, 0.717) is 5.75 Å². The summed E-state index contributed by atoms with van der Waals surface area (Å²) in [6, 6.07) is 5.78. The number of carbonyl (C=O) groups excluding carboxylic acids is 1. The normalized spacial score (nSPS) is 11.0. The summed E-state index contributed by atoms with van der Waals surface area (Å²) in [6.45, 7) is 0. The topological polar surface area (TPSA) is 90.9 Å². The van der Waals surface area contributed by atoms with Crippen molar-refractivity contribution in [1.29, 1.82) is 0 Å². The van der Waals surface area contributed by atoms with Crippen molar-refractivity contribution in [1.82, 2.24) is 0 Å². The Morgan fingerprint density at radius 1 is 1.17 bits per heavy atom. The molecule has 0 bridgehead atoms. The monoisotopic (exact) mass is 391 g/mol. The summed E-state index contributed by atoms with van der Waals surface area (Å²) in [7, 11) is -0.0396. The van der Waals surface area contributed by atoms with Crippen LogP contribution in [0.3, 0.4) is 0 Å². The Bertz CT molecular complexity index is 862. The number of hydrogen-bond donors (Lipinski definition) is 1. The molecule has 0 saturated carbocycles. The van der Waals surface area contributed by atoms with Crippen LogP contribution in [0, 0.1) is 0 Å². The summed E-state index contributed by atoms with van der Waals surface area (Å²) >= 11 is 6.67. The van der Waals surface area contributed by atoms with E-state index in [1.54, 1.807) is 6.07 Å². The van der Waals surface area contributed by atoms with Gasteiger partial charge < -0.3 is 14.2 Å². The van der Waals surface area contributed by atoms with Gasteiger partial charge in [-0.3, -0.25) is 4.72 Å². The molecule has 2 rings (SSSR count). The van der Waals surface area contributed by atoms with Crippen LogP contribution >= 0.6 is 22.9 Å². The molecule has 1 aromatic heterocycles. The van der Waals surface area contributed by atoms with Crippen LogP contribution in [0.4, 0.5) is 5.69 Å². The van der Waals surface area contributed by atoms with Gasteiger partial charge >= 0.3 is 5.97 Å². The van der Waals surface area contributed by atoms with Gasteiger partial charge in [-0.1, -0.05) is 11.6 Å². The Hall–Kier alpha value is -1.97. The third kappa shape index (κ3) is 3.74. The third-order valence-electron chi connectivity index (χ3n) is 2.98. The second-order valence-electron chi connectivity index (χ2n) is 4.41.